The number of nitrogens with zero attached hydrogens (tertiary/aromatic N) is 2. The number of nitro groups is 1. The van der Waals surface area contributed by atoms with Crippen LogP contribution in [0.25, 0.3) is 6.08 Å². The average Bonchev–Trinajstić information content (AvgIpc) is 3.20. The maximum Gasteiger partial charge on any atom is 0.346 e. The zero-order valence-corrected chi connectivity index (χ0v) is 24.1. The van der Waals surface area contributed by atoms with Crippen LogP contribution in [0.3, 0.4) is 0 Å². The number of carbonyl (C=O) groups is 3. The summed E-state index contributed by atoms with van der Waals surface area (Å²) in [4.78, 5) is 48.5. The van der Waals surface area contributed by atoms with Gasteiger partial charge in [-0.2, -0.15) is 8.42 Å². The number of nitrogens with one attached hydrogen (secondary N) is 1. The fraction of sp³-hybridized carbons (Fsp3) is 0.115. The van der Waals surface area contributed by atoms with Crippen LogP contribution in [0.2, 0.25) is 5.02 Å². The molecule has 1 fully saturated rings. The van der Waals surface area contributed by atoms with Gasteiger partial charge in [0.05, 0.1) is 29.1 Å². The van der Waals surface area contributed by atoms with Crippen LogP contribution in [-0.2, 0) is 19.7 Å². The van der Waals surface area contributed by atoms with E-state index in [-0.39, 0.29) is 21.4 Å². The Morgan fingerprint density at radius 1 is 1.05 bits per heavy atom. The normalized spacial score (nSPS) is 14.2. The summed E-state index contributed by atoms with van der Waals surface area (Å²) in [6, 6.07) is 13.2. The number of para-hydroxylation sites is 1. The smallest absolute Gasteiger partial charge is 0.346 e. The molecule has 0 aliphatic carbocycles. The van der Waals surface area contributed by atoms with Gasteiger partial charge in [0.1, 0.15) is 12.3 Å². The van der Waals surface area contributed by atoms with Crippen molar-refractivity contribution in [1.82, 2.24) is 4.90 Å². The zero-order valence-electron chi connectivity index (χ0n) is 21.7. The first-order valence-corrected chi connectivity index (χ1v) is 14.3. The van der Waals surface area contributed by atoms with Crippen molar-refractivity contribution < 1.29 is 41.4 Å². The van der Waals surface area contributed by atoms with Crippen LogP contribution in [0.1, 0.15) is 5.56 Å². The van der Waals surface area contributed by atoms with Gasteiger partial charge in [0.25, 0.3) is 16.8 Å². The van der Waals surface area contributed by atoms with Crippen LogP contribution in [0.15, 0.2) is 70.5 Å². The van der Waals surface area contributed by atoms with Gasteiger partial charge >= 0.3 is 10.1 Å². The number of carbonyl (C=O) groups excluding carboxylic acids is 3. The van der Waals surface area contributed by atoms with Gasteiger partial charge in [-0.1, -0.05) is 29.8 Å². The molecule has 0 bridgehead atoms. The van der Waals surface area contributed by atoms with Crippen molar-refractivity contribution in [3.05, 3.63) is 86.3 Å². The molecule has 0 unspecified atom stereocenters. The minimum Gasteiger partial charge on any atom is -0.495 e. The molecule has 0 atom stereocenters. The van der Waals surface area contributed by atoms with E-state index < -0.39 is 49.2 Å². The fourth-order valence-electron chi connectivity index (χ4n) is 3.70. The van der Waals surface area contributed by atoms with Crippen LogP contribution in [-0.4, -0.2) is 56.1 Å². The predicted octanol–water partition coefficient (Wildman–Crippen LogP) is 4.71. The number of ether oxygens (including phenoxy) is 2. The molecule has 42 heavy (non-hydrogen) atoms. The van der Waals surface area contributed by atoms with Gasteiger partial charge in [-0.05, 0) is 59.8 Å². The topological polar surface area (TPSA) is 171 Å². The van der Waals surface area contributed by atoms with Crippen molar-refractivity contribution in [2.45, 2.75) is 4.90 Å². The summed E-state index contributed by atoms with van der Waals surface area (Å²) in [5.74, 6) is -1.28. The van der Waals surface area contributed by atoms with E-state index in [1.165, 1.54) is 56.7 Å². The highest BCUT2D eigenvalue weighted by Crippen LogP contribution is 2.36. The molecular weight excluding hydrogens is 614 g/mol. The number of anilines is 1. The lowest BCUT2D eigenvalue weighted by molar-refractivity contribution is -0.387. The van der Waals surface area contributed by atoms with Crippen molar-refractivity contribution in [3.8, 4) is 17.2 Å². The van der Waals surface area contributed by atoms with Crippen LogP contribution >= 0.6 is 23.4 Å². The first kappa shape index (κ1) is 30.4. The Kier molecular flexibility index (Phi) is 9.04. The highest BCUT2D eigenvalue weighted by molar-refractivity contribution is 8.18. The number of hydrogen-bond acceptors (Lipinski definition) is 11. The molecule has 0 radical (unpaired) electrons. The minimum absolute atomic E-state index is 0.00328. The van der Waals surface area contributed by atoms with Crippen molar-refractivity contribution in [3.63, 3.8) is 0 Å². The lowest BCUT2D eigenvalue weighted by Crippen LogP contribution is -2.36. The molecule has 0 saturated carbocycles. The Balaban J connectivity index is 1.49. The molecule has 0 aromatic heterocycles. The summed E-state index contributed by atoms with van der Waals surface area (Å²) in [7, 11) is -1.93. The molecule has 4 rings (SSSR count). The third-order valence-electron chi connectivity index (χ3n) is 5.63. The number of thioether (sulfide) groups is 1. The number of amides is 3. The largest absolute Gasteiger partial charge is 0.495 e. The number of imide groups is 1. The quantitative estimate of drug-likeness (QED) is 0.142. The van der Waals surface area contributed by atoms with Gasteiger partial charge in [-0.25, -0.2) is 0 Å². The summed E-state index contributed by atoms with van der Waals surface area (Å²) in [5, 5.41) is 13.4. The van der Waals surface area contributed by atoms with Crippen LogP contribution in [0, 0.1) is 10.1 Å². The van der Waals surface area contributed by atoms with E-state index in [0.717, 1.165) is 17.0 Å². The maximum absolute atomic E-state index is 12.9. The number of hydrogen-bond donors (Lipinski definition) is 1. The second-order valence-corrected chi connectivity index (χ2v) is 11.3. The van der Waals surface area contributed by atoms with E-state index in [4.69, 9.17) is 25.3 Å². The van der Waals surface area contributed by atoms with Crippen molar-refractivity contribution in [2.75, 3.05) is 26.1 Å². The van der Waals surface area contributed by atoms with Gasteiger partial charge in [-0.3, -0.25) is 29.4 Å². The number of rotatable bonds is 10. The minimum atomic E-state index is -4.62. The zero-order chi connectivity index (χ0) is 30.6. The van der Waals surface area contributed by atoms with Crippen molar-refractivity contribution >= 4 is 68.0 Å². The number of benzene rings is 3. The third kappa shape index (κ3) is 6.64. The molecule has 3 amide bonds. The fourth-order valence-corrected chi connectivity index (χ4v) is 5.91. The van der Waals surface area contributed by atoms with Gasteiger partial charge in [0.15, 0.2) is 16.4 Å². The second-order valence-electron chi connectivity index (χ2n) is 8.34. The Labute approximate surface area is 248 Å². The molecule has 1 saturated heterocycles. The lowest BCUT2D eigenvalue weighted by atomic mass is 10.2. The molecule has 1 N–H and O–H groups in total. The van der Waals surface area contributed by atoms with Crippen LogP contribution < -0.4 is 19.0 Å². The predicted molar refractivity (Wildman–Crippen MR) is 153 cm³/mol. The number of methoxy groups -OCH3 is 2. The standard InChI is InChI=1S/C26H20ClN3O10S2/c1-38-19-10-8-16(13-17(19)27)28-24(31)14-29-25(32)22(41-26(29)33)12-15-7-9-20(21(11-15)39-2)40-42(36,37)23-6-4-3-5-18(23)30(34)35/h3-13H,14H2,1-2H3,(H,28,31)/b22-12-. The van der Waals surface area contributed by atoms with Gasteiger partial charge in [-0.15, -0.1) is 0 Å². The molecule has 1 aliphatic heterocycles. The molecule has 16 heteroatoms. The molecule has 3 aromatic carbocycles. The Morgan fingerprint density at radius 2 is 1.74 bits per heavy atom. The molecule has 0 spiro atoms. The van der Waals surface area contributed by atoms with Gasteiger partial charge < -0.3 is 19.0 Å². The first-order valence-electron chi connectivity index (χ1n) is 11.7. The highest BCUT2D eigenvalue weighted by atomic mass is 35.5. The second kappa shape index (κ2) is 12.5. The molecule has 1 aliphatic rings. The molecule has 3 aromatic rings. The van der Waals surface area contributed by atoms with Crippen molar-refractivity contribution in [1.29, 1.82) is 0 Å². The summed E-state index contributed by atoms with van der Waals surface area (Å²) in [5.41, 5.74) is 0.0157. The summed E-state index contributed by atoms with van der Waals surface area (Å²) < 4.78 is 41.0. The number of halogens is 1. The van der Waals surface area contributed by atoms with E-state index in [2.05, 4.69) is 5.32 Å². The Morgan fingerprint density at radius 3 is 2.40 bits per heavy atom. The van der Waals surface area contributed by atoms with E-state index in [0.29, 0.717) is 28.8 Å². The lowest BCUT2D eigenvalue weighted by Gasteiger charge is -2.13. The van der Waals surface area contributed by atoms with Crippen LogP contribution in [0.4, 0.5) is 16.2 Å². The Hall–Kier alpha value is -4.60. The van der Waals surface area contributed by atoms with E-state index in [1.807, 2.05) is 0 Å². The average molecular weight is 634 g/mol. The van der Waals surface area contributed by atoms with Gasteiger partial charge in [0.2, 0.25) is 5.91 Å². The monoisotopic (exact) mass is 633 g/mol. The van der Waals surface area contributed by atoms with E-state index >= 15 is 0 Å². The first-order chi connectivity index (χ1) is 19.9. The molecule has 218 valence electrons. The summed E-state index contributed by atoms with van der Waals surface area (Å²) >= 11 is 6.67. The third-order valence-corrected chi connectivity index (χ3v) is 8.11. The SMILES string of the molecule is COc1ccc(NC(=O)CN2C(=O)S/C(=C\c3ccc(OS(=O)(=O)c4ccccc4[N+](=O)[O-])c(OC)c3)C2=O)cc1Cl. The Bertz CT molecular complexity index is 1740. The van der Waals surface area contributed by atoms with E-state index in [1.54, 1.807) is 12.1 Å². The summed E-state index contributed by atoms with van der Waals surface area (Å²) in [6.45, 7) is -0.550. The maximum atomic E-state index is 12.9. The van der Waals surface area contributed by atoms with Crippen molar-refractivity contribution in [2.24, 2.45) is 0 Å². The van der Waals surface area contributed by atoms with Gasteiger partial charge in [0, 0.05) is 11.8 Å². The van der Waals surface area contributed by atoms with E-state index in [9.17, 15) is 32.9 Å². The highest BCUT2D eigenvalue weighted by Gasteiger charge is 2.36. The molecule has 13 nitrogen and oxygen atoms in total. The van der Waals surface area contributed by atoms with Crippen LogP contribution in [0.5, 0.6) is 17.2 Å². The molecule has 1 heterocycles. The summed E-state index contributed by atoms with van der Waals surface area (Å²) in [6.07, 6.45) is 1.36. The number of nitro benzene ring substituents is 1. The molecular formula is C26H20ClN3O10S2.